The molecule has 0 unspecified atom stereocenters. The van der Waals surface area contributed by atoms with Crippen LogP contribution >= 0.6 is 0 Å². The molecule has 2 amide bonds. The summed E-state index contributed by atoms with van der Waals surface area (Å²) in [6.07, 6.45) is 7.46. The zero-order valence-corrected chi connectivity index (χ0v) is 13.0. The van der Waals surface area contributed by atoms with Crippen LogP contribution in [0.15, 0.2) is 10.6 Å². The van der Waals surface area contributed by atoms with E-state index in [9.17, 15) is 9.59 Å². The highest BCUT2D eigenvalue weighted by atomic mass is 16.5. The lowest BCUT2D eigenvalue weighted by molar-refractivity contribution is -0.138. The summed E-state index contributed by atoms with van der Waals surface area (Å²) in [5, 5.41) is 6.47. The molecule has 2 aliphatic carbocycles. The molecular weight excluding hydrogens is 282 g/mol. The fourth-order valence-corrected chi connectivity index (χ4v) is 3.11. The Morgan fingerprint density at radius 3 is 2.59 bits per heavy atom. The Kier molecular flexibility index (Phi) is 4.45. The number of amides is 2. The maximum absolute atomic E-state index is 12.5. The molecule has 6 nitrogen and oxygen atoms in total. The van der Waals surface area contributed by atoms with Crippen LogP contribution in [-0.4, -0.2) is 34.5 Å². The first-order chi connectivity index (χ1) is 10.6. The summed E-state index contributed by atoms with van der Waals surface area (Å²) in [7, 11) is 0. The molecule has 120 valence electrons. The van der Waals surface area contributed by atoms with E-state index in [4.69, 9.17) is 4.52 Å². The molecule has 2 aliphatic rings. The van der Waals surface area contributed by atoms with Gasteiger partial charge >= 0.3 is 0 Å². The van der Waals surface area contributed by atoms with Gasteiger partial charge in [0, 0.05) is 18.0 Å². The number of anilines is 1. The van der Waals surface area contributed by atoms with Gasteiger partial charge in [-0.3, -0.25) is 9.59 Å². The Balaban J connectivity index is 1.63. The Morgan fingerprint density at radius 1 is 1.27 bits per heavy atom. The first kappa shape index (κ1) is 15.1. The van der Waals surface area contributed by atoms with Crippen molar-refractivity contribution in [1.29, 1.82) is 0 Å². The van der Waals surface area contributed by atoms with Crippen LogP contribution in [0.3, 0.4) is 0 Å². The third-order valence-electron chi connectivity index (χ3n) is 4.43. The Hall–Kier alpha value is -1.85. The number of aromatic nitrogens is 1. The normalized spacial score (nSPS) is 19.0. The second-order valence-electron chi connectivity index (χ2n) is 6.40. The topological polar surface area (TPSA) is 75.4 Å². The molecule has 22 heavy (non-hydrogen) atoms. The summed E-state index contributed by atoms with van der Waals surface area (Å²) in [4.78, 5) is 26.5. The van der Waals surface area contributed by atoms with Gasteiger partial charge in [-0.05, 0) is 32.6 Å². The van der Waals surface area contributed by atoms with Crippen molar-refractivity contribution >= 4 is 17.6 Å². The lowest BCUT2D eigenvalue weighted by Gasteiger charge is -2.34. The highest BCUT2D eigenvalue weighted by Gasteiger charge is 2.37. The molecule has 0 aromatic carbocycles. The van der Waals surface area contributed by atoms with Gasteiger partial charge in [0.1, 0.15) is 12.3 Å². The van der Waals surface area contributed by atoms with Gasteiger partial charge in [-0.15, -0.1) is 0 Å². The van der Waals surface area contributed by atoms with Gasteiger partial charge < -0.3 is 14.7 Å². The van der Waals surface area contributed by atoms with Crippen LogP contribution in [0.25, 0.3) is 0 Å². The molecule has 0 atom stereocenters. The third kappa shape index (κ3) is 3.67. The Bertz CT molecular complexity index is 545. The predicted molar refractivity (Wildman–Crippen MR) is 81.2 cm³/mol. The van der Waals surface area contributed by atoms with Gasteiger partial charge in [0.2, 0.25) is 11.8 Å². The van der Waals surface area contributed by atoms with Crippen molar-refractivity contribution in [3.63, 3.8) is 0 Å². The van der Waals surface area contributed by atoms with E-state index in [1.807, 2.05) is 0 Å². The second-order valence-corrected chi connectivity index (χ2v) is 6.40. The molecule has 0 saturated heterocycles. The first-order valence-electron chi connectivity index (χ1n) is 8.17. The number of rotatable bonds is 5. The van der Waals surface area contributed by atoms with Crippen molar-refractivity contribution in [3.8, 4) is 0 Å². The molecule has 0 radical (unpaired) electrons. The van der Waals surface area contributed by atoms with E-state index in [2.05, 4.69) is 10.5 Å². The number of hydrogen-bond acceptors (Lipinski definition) is 4. The van der Waals surface area contributed by atoms with Crippen molar-refractivity contribution in [3.05, 3.63) is 11.8 Å². The number of aryl methyl sites for hydroxylation is 1. The number of hydrogen-bond donors (Lipinski definition) is 1. The summed E-state index contributed by atoms with van der Waals surface area (Å²) in [5.74, 6) is 1.15. The van der Waals surface area contributed by atoms with Gasteiger partial charge in [-0.25, -0.2) is 0 Å². The second kappa shape index (κ2) is 6.50. The molecule has 1 N–H and O–H groups in total. The van der Waals surface area contributed by atoms with E-state index >= 15 is 0 Å². The summed E-state index contributed by atoms with van der Waals surface area (Å²) in [6, 6.07) is 1.89. The van der Waals surface area contributed by atoms with E-state index in [-0.39, 0.29) is 30.3 Å². The molecular formula is C16H23N3O3. The van der Waals surface area contributed by atoms with Crippen molar-refractivity contribution in [1.82, 2.24) is 10.1 Å². The number of carbonyl (C=O) groups is 2. The molecule has 0 aliphatic heterocycles. The maximum Gasteiger partial charge on any atom is 0.245 e. The molecule has 2 fully saturated rings. The van der Waals surface area contributed by atoms with Crippen molar-refractivity contribution in [2.24, 2.45) is 5.92 Å². The standard InChI is InChI=1S/C16H23N3O3/c1-11-9-14(18-22-11)17-15(20)10-19(16(21)12-7-8-12)13-5-3-2-4-6-13/h9,12-13H,2-8,10H2,1H3,(H,17,18,20). The van der Waals surface area contributed by atoms with Gasteiger partial charge in [-0.1, -0.05) is 24.4 Å². The van der Waals surface area contributed by atoms with E-state index in [0.29, 0.717) is 11.6 Å². The van der Waals surface area contributed by atoms with Crippen LogP contribution < -0.4 is 5.32 Å². The van der Waals surface area contributed by atoms with E-state index < -0.39 is 0 Å². The van der Waals surface area contributed by atoms with Crippen molar-refractivity contribution in [2.45, 2.75) is 57.9 Å². The van der Waals surface area contributed by atoms with Gasteiger partial charge in [0.25, 0.3) is 0 Å². The molecule has 0 spiro atoms. The molecule has 0 bridgehead atoms. The quantitative estimate of drug-likeness (QED) is 0.907. The predicted octanol–water partition coefficient (Wildman–Crippen LogP) is 2.49. The third-order valence-corrected chi connectivity index (χ3v) is 4.43. The molecule has 1 heterocycles. The van der Waals surface area contributed by atoms with Crippen LogP contribution in [0.4, 0.5) is 5.82 Å². The summed E-state index contributed by atoms with van der Waals surface area (Å²) in [5.41, 5.74) is 0. The highest BCUT2D eigenvalue weighted by Crippen LogP contribution is 2.33. The van der Waals surface area contributed by atoms with Crippen LogP contribution in [0, 0.1) is 12.8 Å². The summed E-state index contributed by atoms with van der Waals surface area (Å²) >= 11 is 0. The summed E-state index contributed by atoms with van der Waals surface area (Å²) in [6.45, 7) is 1.89. The van der Waals surface area contributed by atoms with Crippen molar-refractivity contribution < 1.29 is 14.1 Å². The van der Waals surface area contributed by atoms with Crippen LogP contribution in [0.5, 0.6) is 0 Å². The molecule has 6 heteroatoms. The fraction of sp³-hybridized carbons (Fsp3) is 0.688. The molecule has 1 aromatic heterocycles. The largest absolute Gasteiger partial charge is 0.360 e. The minimum atomic E-state index is -0.201. The number of carbonyl (C=O) groups excluding carboxylic acids is 2. The van der Waals surface area contributed by atoms with Crippen LogP contribution in [0.2, 0.25) is 0 Å². The lowest BCUT2D eigenvalue weighted by atomic mass is 9.94. The molecule has 2 saturated carbocycles. The van der Waals surface area contributed by atoms with Crippen LogP contribution in [0.1, 0.15) is 50.7 Å². The monoisotopic (exact) mass is 305 g/mol. The number of nitrogens with one attached hydrogen (secondary N) is 1. The van der Waals surface area contributed by atoms with E-state index in [0.717, 1.165) is 38.5 Å². The van der Waals surface area contributed by atoms with Gasteiger partial charge in [-0.2, -0.15) is 0 Å². The molecule has 1 aromatic rings. The lowest BCUT2D eigenvalue weighted by Crippen LogP contribution is -2.46. The smallest absolute Gasteiger partial charge is 0.245 e. The van der Waals surface area contributed by atoms with E-state index in [1.165, 1.54) is 6.42 Å². The van der Waals surface area contributed by atoms with Crippen molar-refractivity contribution in [2.75, 3.05) is 11.9 Å². The van der Waals surface area contributed by atoms with Gasteiger partial charge in [0.15, 0.2) is 5.82 Å². The fourth-order valence-electron chi connectivity index (χ4n) is 3.11. The SMILES string of the molecule is Cc1cc(NC(=O)CN(C(=O)C2CC2)C2CCCCC2)no1. The average Bonchev–Trinajstić information content (AvgIpc) is 3.29. The minimum Gasteiger partial charge on any atom is -0.360 e. The van der Waals surface area contributed by atoms with Crippen LogP contribution in [-0.2, 0) is 9.59 Å². The first-order valence-corrected chi connectivity index (χ1v) is 8.17. The summed E-state index contributed by atoms with van der Waals surface area (Å²) < 4.78 is 4.94. The Morgan fingerprint density at radius 2 is 2.00 bits per heavy atom. The zero-order valence-electron chi connectivity index (χ0n) is 13.0. The van der Waals surface area contributed by atoms with Gasteiger partial charge in [0.05, 0.1) is 0 Å². The average molecular weight is 305 g/mol. The zero-order chi connectivity index (χ0) is 15.5. The van der Waals surface area contributed by atoms with E-state index in [1.54, 1.807) is 17.9 Å². The highest BCUT2D eigenvalue weighted by molar-refractivity contribution is 5.94. The molecule has 3 rings (SSSR count). The Labute approximate surface area is 130 Å². The maximum atomic E-state index is 12.5. The minimum absolute atomic E-state index is 0.117. The number of nitrogens with zero attached hydrogens (tertiary/aromatic N) is 2.